The number of aliphatic hydroxyl groups is 1. The van der Waals surface area contributed by atoms with E-state index in [0.717, 1.165) is 12.8 Å². The van der Waals surface area contributed by atoms with Crippen LogP contribution in [0.3, 0.4) is 0 Å². The minimum absolute atomic E-state index is 0.0432. The maximum atomic E-state index is 12.2. The van der Waals surface area contributed by atoms with E-state index in [1.54, 1.807) is 4.90 Å². The van der Waals surface area contributed by atoms with E-state index < -0.39 is 12.1 Å². The predicted octanol–water partition coefficient (Wildman–Crippen LogP) is -0.652. The van der Waals surface area contributed by atoms with E-state index in [1.165, 1.54) is 4.90 Å². The average molecular weight is 258 g/mol. The number of morpholine rings is 1. The van der Waals surface area contributed by atoms with Crippen molar-refractivity contribution in [2.24, 2.45) is 0 Å². The molecule has 2 saturated heterocycles. The lowest BCUT2D eigenvalue weighted by Crippen LogP contribution is -2.54. The quantitative estimate of drug-likeness (QED) is 0.687. The molecule has 0 bridgehead atoms. The van der Waals surface area contributed by atoms with Crippen LogP contribution in [0, 0.1) is 0 Å². The van der Waals surface area contributed by atoms with Crippen LogP contribution in [-0.4, -0.2) is 77.0 Å². The Hall–Kier alpha value is -1.34. The maximum absolute atomic E-state index is 12.2. The Bertz CT molecular complexity index is 335. The second kappa shape index (κ2) is 5.53. The number of likely N-dealkylation sites (tertiary alicyclic amines) is 1. The fraction of sp³-hybridized carbons (Fsp3) is 0.818. The minimum atomic E-state index is -1.05. The van der Waals surface area contributed by atoms with E-state index in [0.29, 0.717) is 13.1 Å². The summed E-state index contributed by atoms with van der Waals surface area (Å²) in [5, 5.41) is 18.1. The molecular formula is C11H18N2O5. The van der Waals surface area contributed by atoms with Gasteiger partial charge in [0.25, 0.3) is 0 Å². The van der Waals surface area contributed by atoms with Gasteiger partial charge >= 0.3 is 12.0 Å². The van der Waals surface area contributed by atoms with Gasteiger partial charge in [-0.05, 0) is 12.8 Å². The minimum Gasteiger partial charge on any atom is -0.479 e. The van der Waals surface area contributed by atoms with Crippen LogP contribution in [0.2, 0.25) is 0 Å². The van der Waals surface area contributed by atoms with E-state index >= 15 is 0 Å². The van der Waals surface area contributed by atoms with Gasteiger partial charge in [-0.3, -0.25) is 0 Å². The number of carbonyl (C=O) groups excluding carboxylic acids is 1. The molecule has 2 unspecified atom stereocenters. The Labute approximate surface area is 105 Å². The summed E-state index contributed by atoms with van der Waals surface area (Å²) in [6, 6.07) is -0.329. The lowest BCUT2D eigenvalue weighted by Gasteiger charge is -2.35. The van der Waals surface area contributed by atoms with Crippen molar-refractivity contribution >= 4 is 12.0 Å². The highest BCUT2D eigenvalue weighted by Gasteiger charge is 2.35. The Balaban J connectivity index is 1.98. The molecular weight excluding hydrogens is 240 g/mol. The van der Waals surface area contributed by atoms with Crippen molar-refractivity contribution in [3.8, 4) is 0 Å². The Morgan fingerprint density at radius 2 is 2.11 bits per heavy atom. The number of rotatable bonds is 2. The molecule has 0 spiro atoms. The van der Waals surface area contributed by atoms with Gasteiger partial charge in [0.05, 0.1) is 25.8 Å². The summed E-state index contributed by atoms with van der Waals surface area (Å²) in [6.07, 6.45) is 0.733. The van der Waals surface area contributed by atoms with Crippen molar-refractivity contribution < 1.29 is 24.5 Å². The van der Waals surface area contributed by atoms with Crippen molar-refractivity contribution in [3.63, 3.8) is 0 Å². The zero-order chi connectivity index (χ0) is 13.1. The number of carboxylic acid groups (broad SMARTS) is 1. The first-order chi connectivity index (χ1) is 8.63. The number of hydrogen-bond acceptors (Lipinski definition) is 4. The van der Waals surface area contributed by atoms with Crippen LogP contribution >= 0.6 is 0 Å². The van der Waals surface area contributed by atoms with E-state index in [4.69, 9.17) is 9.84 Å². The molecule has 7 heteroatoms. The third kappa shape index (κ3) is 2.56. The number of hydrogen-bond donors (Lipinski definition) is 2. The number of amides is 2. The van der Waals surface area contributed by atoms with Crippen LogP contribution in [0.5, 0.6) is 0 Å². The highest BCUT2D eigenvalue weighted by atomic mass is 16.5. The fourth-order valence-electron chi connectivity index (χ4n) is 2.43. The molecule has 2 N–H and O–H groups in total. The third-order valence-electron chi connectivity index (χ3n) is 3.45. The first-order valence-corrected chi connectivity index (χ1v) is 6.14. The lowest BCUT2D eigenvalue weighted by molar-refractivity contribution is -0.154. The molecule has 2 aliphatic heterocycles. The molecule has 7 nitrogen and oxygen atoms in total. The lowest BCUT2D eigenvalue weighted by atomic mass is 10.2. The molecule has 0 aromatic rings. The van der Waals surface area contributed by atoms with E-state index in [2.05, 4.69) is 0 Å². The normalized spacial score (nSPS) is 28.5. The second-order valence-corrected chi connectivity index (χ2v) is 4.60. The van der Waals surface area contributed by atoms with Gasteiger partial charge in [0.1, 0.15) is 0 Å². The van der Waals surface area contributed by atoms with Crippen molar-refractivity contribution in [1.29, 1.82) is 0 Å². The van der Waals surface area contributed by atoms with E-state index in [1.807, 2.05) is 0 Å². The zero-order valence-corrected chi connectivity index (χ0v) is 10.1. The number of urea groups is 1. The number of aliphatic carboxylic acids is 1. The predicted molar refractivity (Wildman–Crippen MR) is 61.2 cm³/mol. The highest BCUT2D eigenvalue weighted by molar-refractivity contribution is 5.78. The molecule has 0 aromatic heterocycles. The summed E-state index contributed by atoms with van der Waals surface area (Å²) in [5.41, 5.74) is 0. The molecule has 2 fully saturated rings. The Kier molecular flexibility index (Phi) is 4.03. The summed E-state index contributed by atoms with van der Waals surface area (Å²) in [4.78, 5) is 26.2. The van der Waals surface area contributed by atoms with E-state index in [-0.39, 0.29) is 31.8 Å². The topological polar surface area (TPSA) is 90.3 Å². The van der Waals surface area contributed by atoms with Crippen molar-refractivity contribution in [2.45, 2.75) is 25.0 Å². The smallest absolute Gasteiger partial charge is 0.334 e. The monoisotopic (exact) mass is 258 g/mol. The molecule has 0 aromatic carbocycles. The first-order valence-electron chi connectivity index (χ1n) is 6.14. The van der Waals surface area contributed by atoms with Gasteiger partial charge < -0.3 is 24.7 Å². The molecule has 2 atom stereocenters. The van der Waals surface area contributed by atoms with Gasteiger partial charge in [-0.1, -0.05) is 0 Å². The van der Waals surface area contributed by atoms with Gasteiger partial charge in [-0.25, -0.2) is 9.59 Å². The number of nitrogens with zero attached hydrogens (tertiary/aromatic N) is 2. The third-order valence-corrected chi connectivity index (χ3v) is 3.45. The van der Waals surface area contributed by atoms with Crippen LogP contribution in [0.1, 0.15) is 12.8 Å². The number of aliphatic hydroxyl groups excluding tert-OH is 1. The number of carboxylic acids is 1. The first kappa shape index (κ1) is 13.1. The zero-order valence-electron chi connectivity index (χ0n) is 10.1. The standard InChI is InChI=1S/C11H18N2O5/c14-7-8-2-1-3-13(8)11(17)12-4-5-18-9(6-12)10(15)16/h8-9,14H,1-7H2,(H,15,16). The highest BCUT2D eigenvalue weighted by Crippen LogP contribution is 2.19. The number of ether oxygens (including phenoxy) is 1. The van der Waals surface area contributed by atoms with Crippen molar-refractivity contribution in [2.75, 3.05) is 32.8 Å². The molecule has 2 heterocycles. The Morgan fingerprint density at radius 1 is 1.33 bits per heavy atom. The number of carbonyl (C=O) groups is 2. The SMILES string of the molecule is O=C(O)C1CN(C(=O)N2CCCC2CO)CCO1. The molecule has 2 amide bonds. The van der Waals surface area contributed by atoms with Crippen molar-refractivity contribution in [1.82, 2.24) is 9.80 Å². The van der Waals surface area contributed by atoms with Gasteiger partial charge in [0.15, 0.2) is 6.10 Å². The van der Waals surface area contributed by atoms with Gasteiger partial charge in [-0.15, -0.1) is 0 Å². The van der Waals surface area contributed by atoms with Crippen LogP contribution in [-0.2, 0) is 9.53 Å². The van der Waals surface area contributed by atoms with Crippen LogP contribution < -0.4 is 0 Å². The molecule has 0 aliphatic carbocycles. The largest absolute Gasteiger partial charge is 0.479 e. The molecule has 0 saturated carbocycles. The molecule has 18 heavy (non-hydrogen) atoms. The fourth-order valence-corrected chi connectivity index (χ4v) is 2.43. The molecule has 2 aliphatic rings. The van der Waals surface area contributed by atoms with Gasteiger partial charge in [0.2, 0.25) is 0 Å². The molecule has 0 radical (unpaired) electrons. The molecule has 102 valence electrons. The van der Waals surface area contributed by atoms with E-state index in [9.17, 15) is 14.7 Å². The molecule has 2 rings (SSSR count). The van der Waals surface area contributed by atoms with Gasteiger partial charge in [0, 0.05) is 13.1 Å². The summed E-state index contributed by atoms with van der Waals surface area (Å²) >= 11 is 0. The second-order valence-electron chi connectivity index (χ2n) is 4.60. The van der Waals surface area contributed by atoms with Crippen molar-refractivity contribution in [3.05, 3.63) is 0 Å². The van der Waals surface area contributed by atoms with Crippen LogP contribution in [0.4, 0.5) is 4.79 Å². The van der Waals surface area contributed by atoms with Crippen LogP contribution in [0.25, 0.3) is 0 Å². The summed E-state index contributed by atoms with van der Waals surface area (Å²) in [6.45, 7) is 1.29. The van der Waals surface area contributed by atoms with Gasteiger partial charge in [-0.2, -0.15) is 0 Å². The maximum Gasteiger partial charge on any atom is 0.334 e. The Morgan fingerprint density at radius 3 is 2.78 bits per heavy atom. The summed E-state index contributed by atoms with van der Waals surface area (Å²) < 4.78 is 5.07. The average Bonchev–Trinajstić information content (AvgIpc) is 2.86. The summed E-state index contributed by atoms with van der Waals surface area (Å²) in [7, 11) is 0. The summed E-state index contributed by atoms with van der Waals surface area (Å²) in [5.74, 6) is -1.05. The van der Waals surface area contributed by atoms with Crippen LogP contribution in [0.15, 0.2) is 0 Å².